The molecule has 2 aromatic rings. The predicted octanol–water partition coefficient (Wildman–Crippen LogP) is 2.12. The SMILES string of the molecule is Cc1cc(C=O)cc2c1C[n+]1ccccc1-2. The molecule has 1 aromatic carbocycles. The number of aromatic nitrogens is 1. The molecule has 1 aromatic heterocycles. The third-order valence-corrected chi connectivity index (χ3v) is 3.18. The third-order valence-electron chi connectivity index (χ3n) is 3.18. The number of nitrogens with zero attached hydrogens (tertiary/aromatic N) is 1. The van der Waals surface area contributed by atoms with E-state index in [1.54, 1.807) is 0 Å². The lowest BCUT2D eigenvalue weighted by molar-refractivity contribution is -0.672. The van der Waals surface area contributed by atoms with Crippen LogP contribution >= 0.6 is 0 Å². The van der Waals surface area contributed by atoms with Crippen molar-refractivity contribution in [3.63, 3.8) is 0 Å². The van der Waals surface area contributed by atoms with Crippen molar-refractivity contribution in [2.24, 2.45) is 0 Å². The Bertz CT molecular complexity index is 587. The lowest BCUT2D eigenvalue weighted by atomic mass is 9.99. The molecule has 0 spiro atoms. The van der Waals surface area contributed by atoms with Gasteiger partial charge in [-0.1, -0.05) is 0 Å². The fourth-order valence-corrected chi connectivity index (χ4v) is 2.38. The number of hydrogen-bond acceptors (Lipinski definition) is 1. The summed E-state index contributed by atoms with van der Waals surface area (Å²) in [6.45, 7) is 2.98. The number of carbonyl (C=O) groups is 1. The smallest absolute Gasteiger partial charge is 0.213 e. The monoisotopic (exact) mass is 210 g/mol. The highest BCUT2D eigenvalue weighted by Gasteiger charge is 2.26. The topological polar surface area (TPSA) is 20.9 Å². The fraction of sp³-hybridized carbons (Fsp3) is 0.143. The number of pyridine rings is 1. The summed E-state index contributed by atoms with van der Waals surface area (Å²) in [5.41, 5.74) is 5.68. The first-order valence-corrected chi connectivity index (χ1v) is 5.37. The second-order valence-corrected chi connectivity index (χ2v) is 4.20. The minimum atomic E-state index is 0.758. The maximum atomic E-state index is 10.9. The molecule has 0 saturated heterocycles. The Labute approximate surface area is 94.2 Å². The van der Waals surface area contributed by atoms with Crippen molar-refractivity contribution in [1.29, 1.82) is 0 Å². The van der Waals surface area contributed by atoms with Crippen LogP contribution in [0.15, 0.2) is 36.5 Å². The van der Waals surface area contributed by atoms with Gasteiger partial charge in [-0.3, -0.25) is 4.79 Å². The van der Waals surface area contributed by atoms with Gasteiger partial charge in [-0.05, 0) is 30.7 Å². The van der Waals surface area contributed by atoms with Gasteiger partial charge in [-0.25, -0.2) is 0 Å². The molecule has 16 heavy (non-hydrogen) atoms. The van der Waals surface area contributed by atoms with Crippen LogP contribution in [-0.4, -0.2) is 6.29 Å². The zero-order valence-corrected chi connectivity index (χ0v) is 9.10. The highest BCUT2D eigenvalue weighted by molar-refractivity contribution is 5.80. The minimum Gasteiger partial charge on any atom is -0.298 e. The van der Waals surface area contributed by atoms with Crippen LogP contribution in [0.4, 0.5) is 0 Å². The molecule has 0 aliphatic carbocycles. The van der Waals surface area contributed by atoms with Gasteiger partial charge < -0.3 is 0 Å². The molecule has 0 atom stereocenters. The molecule has 0 radical (unpaired) electrons. The van der Waals surface area contributed by atoms with Gasteiger partial charge in [-0.15, -0.1) is 0 Å². The molecule has 0 fully saturated rings. The van der Waals surface area contributed by atoms with Crippen molar-refractivity contribution >= 4 is 6.29 Å². The van der Waals surface area contributed by atoms with E-state index in [-0.39, 0.29) is 0 Å². The Morgan fingerprint density at radius 1 is 1.31 bits per heavy atom. The van der Waals surface area contributed by atoms with E-state index in [2.05, 4.69) is 23.8 Å². The standard InChI is InChI=1S/C14H12NO/c1-10-6-11(9-16)7-12-13(10)8-15-5-3-2-4-14(12)15/h2-7,9H,8H2,1H3/q+1. The summed E-state index contributed by atoms with van der Waals surface area (Å²) in [6.07, 6.45) is 2.99. The summed E-state index contributed by atoms with van der Waals surface area (Å²) in [7, 11) is 0. The van der Waals surface area contributed by atoms with Crippen LogP contribution in [0.2, 0.25) is 0 Å². The molecule has 78 valence electrons. The van der Waals surface area contributed by atoms with Crippen LogP contribution < -0.4 is 4.57 Å². The van der Waals surface area contributed by atoms with Crippen LogP contribution in [0.1, 0.15) is 21.5 Å². The van der Waals surface area contributed by atoms with Gasteiger partial charge in [0, 0.05) is 23.3 Å². The maximum Gasteiger partial charge on any atom is 0.213 e. The maximum absolute atomic E-state index is 10.9. The molecule has 0 bridgehead atoms. The molecular weight excluding hydrogens is 198 g/mol. The quantitative estimate of drug-likeness (QED) is 0.445. The lowest BCUT2D eigenvalue weighted by Gasteiger charge is -2.00. The first-order chi connectivity index (χ1) is 7.79. The molecule has 0 N–H and O–H groups in total. The molecule has 2 heterocycles. The Hall–Kier alpha value is -1.96. The van der Waals surface area contributed by atoms with E-state index in [1.807, 2.05) is 24.3 Å². The number of aldehydes is 1. The van der Waals surface area contributed by atoms with Crippen LogP contribution in [0.25, 0.3) is 11.3 Å². The number of carbonyl (C=O) groups excluding carboxylic acids is 1. The van der Waals surface area contributed by atoms with Crippen LogP contribution in [-0.2, 0) is 6.54 Å². The molecule has 0 saturated carbocycles. The van der Waals surface area contributed by atoms with Gasteiger partial charge in [0.05, 0.1) is 5.56 Å². The van der Waals surface area contributed by atoms with E-state index in [4.69, 9.17) is 0 Å². The predicted molar refractivity (Wildman–Crippen MR) is 61.3 cm³/mol. The van der Waals surface area contributed by atoms with E-state index in [1.165, 1.54) is 22.4 Å². The third kappa shape index (κ3) is 1.20. The van der Waals surface area contributed by atoms with Crippen LogP contribution in [0.3, 0.4) is 0 Å². The normalized spacial score (nSPS) is 12.1. The van der Waals surface area contributed by atoms with Crippen molar-refractivity contribution in [3.8, 4) is 11.3 Å². The van der Waals surface area contributed by atoms with Crippen molar-refractivity contribution in [2.75, 3.05) is 0 Å². The molecule has 2 heteroatoms. The van der Waals surface area contributed by atoms with E-state index >= 15 is 0 Å². The van der Waals surface area contributed by atoms with Crippen molar-refractivity contribution < 1.29 is 9.36 Å². The summed E-state index contributed by atoms with van der Waals surface area (Å²) in [5, 5.41) is 0. The van der Waals surface area contributed by atoms with E-state index in [0.29, 0.717) is 0 Å². The largest absolute Gasteiger partial charge is 0.298 e. The molecular formula is C14H12NO+. The fourth-order valence-electron chi connectivity index (χ4n) is 2.38. The highest BCUT2D eigenvalue weighted by atomic mass is 16.1. The first-order valence-electron chi connectivity index (χ1n) is 5.37. The van der Waals surface area contributed by atoms with Gasteiger partial charge in [0.25, 0.3) is 0 Å². The van der Waals surface area contributed by atoms with Gasteiger partial charge in [0.1, 0.15) is 6.29 Å². The Morgan fingerprint density at radius 3 is 3.00 bits per heavy atom. The second kappa shape index (κ2) is 3.27. The average Bonchev–Trinajstić information content (AvgIpc) is 2.68. The number of benzene rings is 1. The molecule has 1 aliphatic rings. The number of fused-ring (bicyclic) bond motifs is 3. The minimum absolute atomic E-state index is 0.758. The van der Waals surface area contributed by atoms with Gasteiger partial charge in [0.15, 0.2) is 12.7 Å². The molecule has 0 unspecified atom stereocenters. The summed E-state index contributed by atoms with van der Waals surface area (Å²) in [4.78, 5) is 10.9. The van der Waals surface area contributed by atoms with E-state index in [9.17, 15) is 4.79 Å². The van der Waals surface area contributed by atoms with Gasteiger partial charge >= 0.3 is 0 Å². The van der Waals surface area contributed by atoms with E-state index < -0.39 is 0 Å². The number of rotatable bonds is 1. The Balaban J connectivity index is 2.31. The summed E-state index contributed by atoms with van der Waals surface area (Å²) < 4.78 is 2.21. The molecule has 3 rings (SSSR count). The van der Waals surface area contributed by atoms with Crippen LogP contribution in [0.5, 0.6) is 0 Å². The zero-order valence-electron chi connectivity index (χ0n) is 9.10. The molecule has 0 amide bonds. The van der Waals surface area contributed by atoms with Gasteiger partial charge in [0.2, 0.25) is 5.69 Å². The zero-order chi connectivity index (χ0) is 11.1. The number of hydrogen-bond donors (Lipinski definition) is 0. The van der Waals surface area contributed by atoms with Crippen molar-refractivity contribution in [2.45, 2.75) is 13.5 Å². The van der Waals surface area contributed by atoms with Crippen molar-refractivity contribution in [3.05, 3.63) is 53.2 Å². The van der Waals surface area contributed by atoms with Crippen molar-refractivity contribution in [1.82, 2.24) is 0 Å². The Kier molecular flexibility index (Phi) is 1.90. The Morgan fingerprint density at radius 2 is 2.19 bits per heavy atom. The molecule has 1 aliphatic heterocycles. The average molecular weight is 210 g/mol. The first kappa shape index (κ1) is 9.28. The van der Waals surface area contributed by atoms with E-state index in [0.717, 1.165) is 18.4 Å². The highest BCUT2D eigenvalue weighted by Crippen LogP contribution is 2.29. The van der Waals surface area contributed by atoms with Crippen LogP contribution in [0, 0.1) is 6.92 Å². The number of aryl methyl sites for hydroxylation is 1. The second-order valence-electron chi connectivity index (χ2n) is 4.20. The lowest BCUT2D eigenvalue weighted by Crippen LogP contribution is -2.31. The molecule has 2 nitrogen and oxygen atoms in total. The summed E-state index contributed by atoms with van der Waals surface area (Å²) in [6, 6.07) is 10.1. The summed E-state index contributed by atoms with van der Waals surface area (Å²) >= 11 is 0. The van der Waals surface area contributed by atoms with Gasteiger partial charge in [-0.2, -0.15) is 4.57 Å². The summed E-state index contributed by atoms with van der Waals surface area (Å²) in [5.74, 6) is 0.